The highest BCUT2D eigenvalue weighted by Crippen LogP contribution is 2.75. The van der Waals surface area contributed by atoms with Gasteiger partial charge in [-0.15, -0.1) is 0 Å². The maximum Gasteiger partial charge on any atom is 0.312 e. The van der Waals surface area contributed by atoms with Gasteiger partial charge in [-0.05, 0) is 111 Å². The van der Waals surface area contributed by atoms with Crippen molar-refractivity contribution in [2.75, 3.05) is 7.11 Å². The number of hydrogen-bond donors (Lipinski definition) is 2. The minimum Gasteiger partial charge on any atom is -0.469 e. The van der Waals surface area contributed by atoms with Gasteiger partial charge in [-0.1, -0.05) is 39.8 Å². The molecule has 1 amide bonds. The van der Waals surface area contributed by atoms with Crippen molar-refractivity contribution >= 4 is 17.6 Å². The summed E-state index contributed by atoms with van der Waals surface area (Å²) in [7, 11) is 1.53. The molecule has 2 N–H and O–H groups in total. The van der Waals surface area contributed by atoms with E-state index in [9.17, 15) is 14.8 Å². The Morgan fingerprint density at radius 1 is 0.946 bits per heavy atom. The summed E-state index contributed by atoms with van der Waals surface area (Å²) in [6.07, 6.45) is 8.97. The molecule has 8 atom stereocenters. The average molecular weight is 515 g/mol. The van der Waals surface area contributed by atoms with E-state index in [1.54, 1.807) is 0 Å². The van der Waals surface area contributed by atoms with Crippen LogP contribution in [0.5, 0.6) is 0 Å². The number of fused-ring (bicyclic) bond motifs is 7. The molecule has 6 nitrogen and oxygen atoms in total. The van der Waals surface area contributed by atoms with E-state index in [1.165, 1.54) is 7.11 Å². The summed E-state index contributed by atoms with van der Waals surface area (Å²) >= 11 is 0. The first kappa shape index (κ1) is 27.0. The van der Waals surface area contributed by atoms with Gasteiger partial charge in [-0.3, -0.25) is 9.59 Å². The third-order valence-corrected chi connectivity index (χ3v) is 13.2. The number of carbonyl (C=O) groups is 2. The number of rotatable bonds is 1. The molecule has 5 rings (SSSR count). The van der Waals surface area contributed by atoms with E-state index in [4.69, 9.17) is 4.74 Å². The third-order valence-electron chi connectivity index (χ3n) is 13.2. The van der Waals surface area contributed by atoms with E-state index in [0.29, 0.717) is 18.3 Å². The molecular formula is C31H50N2O4. The van der Waals surface area contributed by atoms with Crippen LogP contribution in [0.1, 0.15) is 113 Å². The van der Waals surface area contributed by atoms with Crippen molar-refractivity contribution in [2.45, 2.75) is 118 Å². The fourth-order valence-electron chi connectivity index (χ4n) is 11.2. The van der Waals surface area contributed by atoms with Crippen molar-refractivity contribution in [3.05, 3.63) is 0 Å². The fourth-order valence-corrected chi connectivity index (χ4v) is 11.2. The molecular weight excluding hydrogens is 464 g/mol. The number of hydrogen-bond acceptors (Lipinski definition) is 5. The van der Waals surface area contributed by atoms with Gasteiger partial charge < -0.3 is 15.3 Å². The molecule has 1 aliphatic heterocycles. The van der Waals surface area contributed by atoms with Gasteiger partial charge in [-0.2, -0.15) is 0 Å². The highest BCUT2D eigenvalue weighted by atomic mass is 16.5. The lowest BCUT2D eigenvalue weighted by Crippen LogP contribution is -2.69. The summed E-state index contributed by atoms with van der Waals surface area (Å²) in [6.45, 7) is 16.4. The number of esters is 1. The van der Waals surface area contributed by atoms with E-state index >= 15 is 0 Å². The third kappa shape index (κ3) is 3.51. The van der Waals surface area contributed by atoms with E-state index < -0.39 is 5.41 Å². The predicted molar refractivity (Wildman–Crippen MR) is 144 cm³/mol. The van der Waals surface area contributed by atoms with Crippen molar-refractivity contribution in [3.63, 3.8) is 0 Å². The number of nitrogens with zero attached hydrogens (tertiary/aromatic N) is 1. The van der Waals surface area contributed by atoms with Crippen molar-refractivity contribution < 1.29 is 19.5 Å². The quantitative estimate of drug-likeness (QED) is 0.242. The van der Waals surface area contributed by atoms with Crippen LogP contribution in [-0.4, -0.2) is 35.4 Å². The second-order valence-corrected chi connectivity index (χ2v) is 15.7. The molecule has 0 spiro atoms. The van der Waals surface area contributed by atoms with Gasteiger partial charge in [0.15, 0.2) is 0 Å². The Bertz CT molecular complexity index is 1020. The normalized spacial score (nSPS) is 49.4. The van der Waals surface area contributed by atoms with Gasteiger partial charge in [0.1, 0.15) is 0 Å². The largest absolute Gasteiger partial charge is 0.469 e. The molecule has 5 aliphatic rings. The number of amides is 1. The van der Waals surface area contributed by atoms with Gasteiger partial charge >= 0.3 is 5.97 Å². The zero-order valence-corrected chi connectivity index (χ0v) is 24.5. The minimum atomic E-state index is -0.491. The molecule has 1 unspecified atom stereocenters. The van der Waals surface area contributed by atoms with Crippen LogP contribution in [0, 0.1) is 50.7 Å². The van der Waals surface area contributed by atoms with Gasteiger partial charge in [0.25, 0.3) is 0 Å². The molecule has 37 heavy (non-hydrogen) atoms. The van der Waals surface area contributed by atoms with E-state index in [0.717, 1.165) is 63.5 Å². The van der Waals surface area contributed by atoms with E-state index in [1.807, 2.05) is 0 Å². The number of ether oxygens (including phenoxy) is 1. The first-order valence-electron chi connectivity index (χ1n) is 14.7. The first-order chi connectivity index (χ1) is 17.1. The van der Waals surface area contributed by atoms with E-state index in [2.05, 4.69) is 58.9 Å². The zero-order chi connectivity index (χ0) is 27.2. The second-order valence-electron chi connectivity index (χ2n) is 15.7. The average Bonchev–Trinajstić information content (AvgIpc) is 2.90. The van der Waals surface area contributed by atoms with Crippen molar-refractivity contribution in [3.8, 4) is 0 Å². The topological polar surface area (TPSA) is 88.0 Å². The molecule has 1 heterocycles. The summed E-state index contributed by atoms with van der Waals surface area (Å²) in [6, 6.07) is 0. The molecule has 0 aromatic rings. The Morgan fingerprint density at radius 3 is 2.27 bits per heavy atom. The molecule has 0 radical (unpaired) electrons. The standard InChI is InChI=1S/C31H50N2O4/c1-26(2)13-15-31(25(35)37-8)16-14-30(7)24(19(31)18-26)20(33-36)17-22-28(5)11-10-23(34)32-27(3,4)21(28)9-12-29(22,30)6/h19,21-22,24,36H,9-18H2,1-8H3,(H,32,34)/b33-20+/t19-,21+,22-,24?,28+,29-,30-,31+/m1/s1. The smallest absolute Gasteiger partial charge is 0.312 e. The second kappa shape index (κ2) is 8.21. The van der Waals surface area contributed by atoms with Gasteiger partial charge in [-0.25, -0.2) is 0 Å². The van der Waals surface area contributed by atoms with Crippen molar-refractivity contribution in [1.29, 1.82) is 0 Å². The van der Waals surface area contributed by atoms with E-state index in [-0.39, 0.29) is 50.9 Å². The Kier molecular flexibility index (Phi) is 5.99. The van der Waals surface area contributed by atoms with Crippen LogP contribution >= 0.6 is 0 Å². The lowest BCUT2D eigenvalue weighted by Gasteiger charge is -2.72. The SMILES string of the molecule is COC(=O)[C@]12CCC(C)(C)C[C@@H]1C1/C(=N/O)C[C@@H]3[C@@]4(C)CCC(=O)NC(C)(C)[C@@H]4CC[C@@]3(C)[C@]1(C)CC2. The number of methoxy groups -OCH3 is 1. The van der Waals surface area contributed by atoms with Gasteiger partial charge in [0.2, 0.25) is 5.91 Å². The van der Waals surface area contributed by atoms with Crippen LogP contribution in [0.3, 0.4) is 0 Å². The van der Waals surface area contributed by atoms with Gasteiger partial charge in [0.05, 0.1) is 18.2 Å². The van der Waals surface area contributed by atoms with Crippen LogP contribution in [0.25, 0.3) is 0 Å². The lowest BCUT2D eigenvalue weighted by atomic mass is 9.32. The predicted octanol–water partition coefficient (Wildman–Crippen LogP) is 6.35. The Balaban J connectivity index is 1.64. The molecule has 208 valence electrons. The van der Waals surface area contributed by atoms with Crippen molar-refractivity contribution in [2.24, 2.45) is 55.9 Å². The molecule has 5 fully saturated rings. The van der Waals surface area contributed by atoms with Crippen molar-refractivity contribution in [1.82, 2.24) is 5.32 Å². The summed E-state index contributed by atoms with van der Waals surface area (Å²) in [4.78, 5) is 26.2. The molecule has 1 saturated heterocycles. The molecule has 4 saturated carbocycles. The Morgan fingerprint density at radius 2 is 1.62 bits per heavy atom. The highest BCUT2D eigenvalue weighted by molar-refractivity contribution is 5.90. The first-order valence-corrected chi connectivity index (χ1v) is 14.7. The minimum absolute atomic E-state index is 0.0322. The van der Waals surface area contributed by atoms with Crippen LogP contribution in [0.2, 0.25) is 0 Å². The number of nitrogens with one attached hydrogen (secondary N) is 1. The summed E-state index contributed by atoms with van der Waals surface area (Å²) in [5.41, 5.74) is 0.179. The Hall–Kier alpha value is -1.59. The summed E-state index contributed by atoms with van der Waals surface area (Å²) in [5, 5.41) is 18.0. The molecule has 6 heteroatoms. The lowest BCUT2D eigenvalue weighted by molar-refractivity contribution is -0.211. The molecule has 0 aromatic heterocycles. The molecule has 0 aromatic carbocycles. The maximum absolute atomic E-state index is 13.5. The summed E-state index contributed by atoms with van der Waals surface area (Å²) in [5.74, 6) is 0.958. The maximum atomic E-state index is 13.5. The van der Waals surface area contributed by atoms with Crippen LogP contribution in [-0.2, 0) is 14.3 Å². The monoisotopic (exact) mass is 514 g/mol. The van der Waals surface area contributed by atoms with Gasteiger partial charge in [0, 0.05) is 17.9 Å². The fraction of sp³-hybridized carbons (Fsp3) is 0.903. The van der Waals surface area contributed by atoms with Crippen LogP contribution in [0.4, 0.5) is 0 Å². The Labute approximate surface area is 223 Å². The molecule has 4 aliphatic carbocycles. The van der Waals surface area contributed by atoms with Crippen LogP contribution < -0.4 is 5.32 Å². The molecule has 0 bridgehead atoms. The highest BCUT2D eigenvalue weighted by Gasteiger charge is 2.72. The van der Waals surface area contributed by atoms with Crippen LogP contribution in [0.15, 0.2) is 5.16 Å². The number of oxime groups is 1. The number of carbonyl (C=O) groups excluding carboxylic acids is 2. The summed E-state index contributed by atoms with van der Waals surface area (Å²) < 4.78 is 5.48. The zero-order valence-electron chi connectivity index (χ0n) is 24.5.